The van der Waals surface area contributed by atoms with Gasteiger partial charge in [0.15, 0.2) is 11.7 Å². The molecule has 6 nitrogen and oxygen atoms in total. The zero-order valence-corrected chi connectivity index (χ0v) is 11.6. The number of Topliss-reactive ketones (excluding diaryl/α,β-unsaturated/α-hetero) is 1. The van der Waals surface area contributed by atoms with Crippen LogP contribution in [0.25, 0.3) is 0 Å². The highest BCUT2D eigenvalue weighted by atomic mass is 16.5. The maximum atomic E-state index is 12.4. The third-order valence-electron chi connectivity index (χ3n) is 3.84. The lowest BCUT2D eigenvalue weighted by molar-refractivity contribution is -0.0419. The molecule has 3 rings (SSSR count). The van der Waals surface area contributed by atoms with E-state index in [1.165, 1.54) is 25.1 Å². The molecule has 6 heteroatoms. The van der Waals surface area contributed by atoms with Crippen LogP contribution in [-0.4, -0.2) is 32.3 Å². The van der Waals surface area contributed by atoms with Crippen LogP contribution in [0.15, 0.2) is 36.4 Å². The Labute approximate surface area is 125 Å². The fraction of sp³-hybridized carbons (Fsp3) is 0.188. The summed E-state index contributed by atoms with van der Waals surface area (Å²) in [7, 11) is 0. The molecule has 114 valence electrons. The fourth-order valence-electron chi connectivity index (χ4n) is 2.68. The maximum absolute atomic E-state index is 12.4. The number of rotatable bonds is 1. The van der Waals surface area contributed by atoms with Crippen molar-refractivity contribution >= 4 is 5.78 Å². The molecule has 0 bridgehead atoms. The third-order valence-corrected chi connectivity index (χ3v) is 3.84. The van der Waals surface area contributed by atoms with Gasteiger partial charge in [-0.1, -0.05) is 18.2 Å². The molecule has 0 aliphatic carbocycles. The number of carbonyl (C=O) groups is 1. The number of phenols is 3. The summed E-state index contributed by atoms with van der Waals surface area (Å²) in [6.07, 6.45) is -1.62. The summed E-state index contributed by atoms with van der Waals surface area (Å²) in [5.74, 6) is -1.69. The molecule has 4 N–H and O–H groups in total. The first-order valence-electron chi connectivity index (χ1n) is 6.60. The van der Waals surface area contributed by atoms with E-state index in [-0.39, 0.29) is 28.4 Å². The topological polar surface area (TPSA) is 107 Å². The van der Waals surface area contributed by atoms with Crippen LogP contribution >= 0.6 is 0 Å². The molecule has 0 saturated carbocycles. The highest BCUT2D eigenvalue weighted by Crippen LogP contribution is 2.46. The quantitative estimate of drug-likeness (QED) is 0.638. The molecule has 1 aliphatic heterocycles. The van der Waals surface area contributed by atoms with E-state index in [0.29, 0.717) is 0 Å². The minimum atomic E-state index is -1.62. The van der Waals surface area contributed by atoms with Crippen LogP contribution in [0.5, 0.6) is 23.0 Å². The predicted molar refractivity (Wildman–Crippen MR) is 76.2 cm³/mol. The molecule has 2 unspecified atom stereocenters. The second-order valence-corrected chi connectivity index (χ2v) is 5.33. The number of aliphatic hydroxyl groups is 1. The molecule has 2 aromatic carbocycles. The predicted octanol–water partition coefficient (Wildman–Crippen LogP) is 1.65. The largest absolute Gasteiger partial charge is 0.508 e. The standard InChI is InChI=1S/C16H14O6/c1-16(9-4-2-3-5-10(9)18)15(21)14(20)13-11(19)6-8(17)7-12(13)22-16/h2-7,15,17-19,21H,1H3. The number of ether oxygens (including phenoxy) is 1. The van der Waals surface area contributed by atoms with E-state index in [1.54, 1.807) is 12.1 Å². The highest BCUT2D eigenvalue weighted by molar-refractivity contribution is 6.06. The van der Waals surface area contributed by atoms with Crippen molar-refractivity contribution in [2.45, 2.75) is 18.6 Å². The van der Waals surface area contributed by atoms with Gasteiger partial charge in [-0.2, -0.15) is 0 Å². The van der Waals surface area contributed by atoms with Crippen molar-refractivity contribution in [3.05, 3.63) is 47.5 Å². The zero-order valence-electron chi connectivity index (χ0n) is 11.6. The molecule has 0 spiro atoms. The normalized spacial score (nSPS) is 23.7. The van der Waals surface area contributed by atoms with E-state index in [9.17, 15) is 25.2 Å². The second-order valence-electron chi connectivity index (χ2n) is 5.33. The molecular weight excluding hydrogens is 288 g/mol. The monoisotopic (exact) mass is 302 g/mol. The molecule has 1 heterocycles. The Morgan fingerprint density at radius 2 is 1.77 bits per heavy atom. The average molecular weight is 302 g/mol. The molecule has 0 saturated heterocycles. The van der Waals surface area contributed by atoms with Crippen LogP contribution in [0.1, 0.15) is 22.8 Å². The number of hydrogen-bond donors (Lipinski definition) is 4. The van der Waals surface area contributed by atoms with Gasteiger partial charge in [-0.3, -0.25) is 4.79 Å². The molecule has 0 radical (unpaired) electrons. The van der Waals surface area contributed by atoms with E-state index in [2.05, 4.69) is 0 Å². The Bertz CT molecular complexity index is 769. The van der Waals surface area contributed by atoms with Gasteiger partial charge in [0.05, 0.1) is 0 Å². The van der Waals surface area contributed by atoms with Crippen molar-refractivity contribution in [1.82, 2.24) is 0 Å². The maximum Gasteiger partial charge on any atom is 0.203 e. The molecule has 0 aromatic heterocycles. The van der Waals surface area contributed by atoms with E-state index in [0.717, 1.165) is 6.07 Å². The minimum absolute atomic E-state index is 0.0569. The van der Waals surface area contributed by atoms with Crippen LogP contribution in [0, 0.1) is 0 Å². The molecule has 22 heavy (non-hydrogen) atoms. The molecule has 2 atom stereocenters. The lowest BCUT2D eigenvalue weighted by Crippen LogP contribution is -2.50. The number of phenolic OH excluding ortho intramolecular Hbond substituents is 3. The van der Waals surface area contributed by atoms with Gasteiger partial charge in [0.1, 0.15) is 28.6 Å². The number of benzene rings is 2. The van der Waals surface area contributed by atoms with Crippen molar-refractivity contribution < 1.29 is 30.0 Å². The number of carbonyl (C=O) groups excluding carboxylic acids is 1. The number of para-hydroxylation sites is 1. The van der Waals surface area contributed by atoms with Crippen molar-refractivity contribution in [3.8, 4) is 23.0 Å². The summed E-state index contributed by atoms with van der Waals surface area (Å²) in [5.41, 5.74) is -1.52. The van der Waals surface area contributed by atoms with E-state index in [4.69, 9.17) is 4.74 Å². The summed E-state index contributed by atoms with van der Waals surface area (Å²) >= 11 is 0. The van der Waals surface area contributed by atoms with Crippen molar-refractivity contribution in [2.24, 2.45) is 0 Å². The summed E-state index contributed by atoms with van der Waals surface area (Å²) in [6.45, 7) is 1.45. The smallest absolute Gasteiger partial charge is 0.203 e. The SMILES string of the molecule is CC1(c2ccccc2O)Oc2cc(O)cc(O)c2C(=O)C1O. The van der Waals surface area contributed by atoms with E-state index >= 15 is 0 Å². The number of fused-ring (bicyclic) bond motifs is 1. The Kier molecular flexibility index (Phi) is 3.00. The summed E-state index contributed by atoms with van der Waals surface area (Å²) < 4.78 is 5.68. The fourth-order valence-corrected chi connectivity index (χ4v) is 2.68. The lowest BCUT2D eigenvalue weighted by Gasteiger charge is -2.39. The first-order chi connectivity index (χ1) is 10.3. The van der Waals surface area contributed by atoms with Gasteiger partial charge in [-0.25, -0.2) is 0 Å². The van der Waals surface area contributed by atoms with Gasteiger partial charge in [0.2, 0.25) is 5.78 Å². The summed E-state index contributed by atoms with van der Waals surface area (Å²) in [6, 6.07) is 8.35. The van der Waals surface area contributed by atoms with Crippen LogP contribution < -0.4 is 4.74 Å². The minimum Gasteiger partial charge on any atom is -0.508 e. The molecule has 1 aliphatic rings. The van der Waals surface area contributed by atoms with Crippen molar-refractivity contribution in [3.63, 3.8) is 0 Å². The van der Waals surface area contributed by atoms with Gasteiger partial charge in [-0.15, -0.1) is 0 Å². The van der Waals surface area contributed by atoms with E-state index < -0.39 is 23.2 Å². The third kappa shape index (κ3) is 1.88. The van der Waals surface area contributed by atoms with E-state index in [1.807, 2.05) is 0 Å². The highest BCUT2D eigenvalue weighted by Gasteiger charge is 2.49. The molecular formula is C16H14O6. The van der Waals surface area contributed by atoms with Gasteiger partial charge >= 0.3 is 0 Å². The first kappa shape index (κ1) is 14.2. The molecule has 2 aromatic rings. The van der Waals surface area contributed by atoms with Crippen molar-refractivity contribution in [2.75, 3.05) is 0 Å². The lowest BCUT2D eigenvalue weighted by atomic mass is 9.82. The molecule has 0 fully saturated rings. The van der Waals surface area contributed by atoms with Crippen LogP contribution in [0.4, 0.5) is 0 Å². The summed E-state index contributed by atoms with van der Waals surface area (Å²) in [5, 5.41) is 39.7. The van der Waals surface area contributed by atoms with Gasteiger partial charge in [0.25, 0.3) is 0 Å². The Hall–Kier alpha value is -2.73. The number of hydrogen-bond acceptors (Lipinski definition) is 6. The number of ketones is 1. The van der Waals surface area contributed by atoms with Gasteiger partial charge < -0.3 is 25.2 Å². The van der Waals surface area contributed by atoms with Gasteiger partial charge in [-0.05, 0) is 13.0 Å². The number of aromatic hydroxyl groups is 3. The zero-order chi connectivity index (χ0) is 16.1. The van der Waals surface area contributed by atoms with Crippen LogP contribution in [0.3, 0.4) is 0 Å². The Morgan fingerprint density at radius 3 is 2.45 bits per heavy atom. The van der Waals surface area contributed by atoms with Gasteiger partial charge in [0, 0.05) is 17.7 Å². The van der Waals surface area contributed by atoms with Crippen LogP contribution in [0.2, 0.25) is 0 Å². The van der Waals surface area contributed by atoms with Crippen molar-refractivity contribution in [1.29, 1.82) is 0 Å². The Morgan fingerprint density at radius 1 is 1.09 bits per heavy atom. The number of aliphatic hydroxyl groups excluding tert-OH is 1. The summed E-state index contributed by atoms with van der Waals surface area (Å²) in [4.78, 5) is 12.4. The van der Waals surface area contributed by atoms with Crippen LogP contribution in [-0.2, 0) is 5.60 Å². The second kappa shape index (κ2) is 4.64. The molecule has 0 amide bonds. The average Bonchev–Trinajstić information content (AvgIpc) is 2.44. The Balaban J connectivity index is 2.21. The first-order valence-corrected chi connectivity index (χ1v) is 6.60.